The monoisotopic (exact) mass is 198 g/mol. The van der Waals surface area contributed by atoms with E-state index in [9.17, 15) is 9.59 Å². The van der Waals surface area contributed by atoms with E-state index in [4.69, 9.17) is 5.11 Å². The minimum atomic E-state index is -1.16. The second-order valence-corrected chi connectivity index (χ2v) is 2.68. The molecule has 1 heterocycles. The number of hydrogen-bond donors (Lipinski definition) is 2. The van der Waals surface area contributed by atoms with Gasteiger partial charge >= 0.3 is 5.97 Å². The van der Waals surface area contributed by atoms with Gasteiger partial charge in [0.25, 0.3) is 5.91 Å². The molecule has 0 aromatic rings. The van der Waals surface area contributed by atoms with E-state index in [0.29, 0.717) is 6.54 Å². The normalized spacial score (nSPS) is 19.4. The van der Waals surface area contributed by atoms with Gasteiger partial charge in [0.2, 0.25) is 6.10 Å². The first-order valence-electron chi connectivity index (χ1n) is 3.99. The Morgan fingerprint density at radius 2 is 2.50 bits per heavy atom. The molecule has 0 aromatic heterocycles. The first-order chi connectivity index (χ1) is 6.65. The van der Waals surface area contributed by atoms with Gasteiger partial charge in [-0.05, 0) is 0 Å². The van der Waals surface area contributed by atoms with Crippen LogP contribution in [0.5, 0.6) is 0 Å². The van der Waals surface area contributed by atoms with E-state index >= 15 is 0 Å². The summed E-state index contributed by atoms with van der Waals surface area (Å²) in [4.78, 5) is 26.3. The molecule has 0 fully saturated rings. The predicted octanol–water partition coefficient (Wildman–Crippen LogP) is -0.482. The second kappa shape index (κ2) is 4.40. The lowest BCUT2D eigenvalue weighted by Crippen LogP contribution is -2.35. The number of carbonyl (C=O) groups is 2. The Labute approximate surface area is 80.2 Å². The molecule has 1 unspecified atom stereocenters. The van der Waals surface area contributed by atoms with E-state index in [-0.39, 0.29) is 18.0 Å². The topological polar surface area (TPSA) is 88.0 Å². The summed E-state index contributed by atoms with van der Waals surface area (Å²) < 4.78 is 0. The lowest BCUT2D eigenvalue weighted by Gasteiger charge is -2.06. The Hall–Kier alpha value is -1.85. The fourth-order valence-corrected chi connectivity index (χ4v) is 0.931. The molecule has 1 rings (SSSR count). The molecule has 1 aliphatic rings. The highest BCUT2D eigenvalue weighted by molar-refractivity contribution is 6.36. The highest BCUT2D eigenvalue weighted by Gasteiger charge is 2.30. The molecule has 0 bridgehead atoms. The Bertz CT molecular complexity index is 298. The van der Waals surface area contributed by atoms with Gasteiger partial charge in [-0.3, -0.25) is 4.79 Å². The SMILES string of the molecule is C=CCNC(=O)C1CC(C(=O)O)=NO1. The Morgan fingerprint density at radius 3 is 3.00 bits per heavy atom. The fraction of sp³-hybridized carbons (Fsp3) is 0.375. The number of rotatable bonds is 4. The highest BCUT2D eigenvalue weighted by Crippen LogP contribution is 2.10. The third-order valence-corrected chi connectivity index (χ3v) is 1.63. The zero-order valence-electron chi connectivity index (χ0n) is 7.40. The van der Waals surface area contributed by atoms with Crippen LogP contribution in [0.15, 0.2) is 17.8 Å². The van der Waals surface area contributed by atoms with Gasteiger partial charge in [0.15, 0.2) is 5.71 Å². The lowest BCUT2D eigenvalue weighted by atomic mass is 10.2. The highest BCUT2D eigenvalue weighted by atomic mass is 16.6. The van der Waals surface area contributed by atoms with Crippen molar-refractivity contribution in [3.05, 3.63) is 12.7 Å². The third-order valence-electron chi connectivity index (χ3n) is 1.63. The molecule has 6 nitrogen and oxygen atoms in total. The fourth-order valence-electron chi connectivity index (χ4n) is 0.931. The van der Waals surface area contributed by atoms with Crippen molar-refractivity contribution >= 4 is 17.6 Å². The van der Waals surface area contributed by atoms with Crippen LogP contribution in [0.4, 0.5) is 0 Å². The molecule has 6 heteroatoms. The van der Waals surface area contributed by atoms with Gasteiger partial charge in [-0.25, -0.2) is 4.79 Å². The quantitative estimate of drug-likeness (QED) is 0.597. The van der Waals surface area contributed by atoms with Gasteiger partial charge in [-0.2, -0.15) is 0 Å². The summed E-state index contributed by atoms with van der Waals surface area (Å²) in [6.07, 6.45) is 0.686. The molecule has 2 N–H and O–H groups in total. The zero-order chi connectivity index (χ0) is 10.6. The molecule has 1 aliphatic heterocycles. The first kappa shape index (κ1) is 10.2. The van der Waals surface area contributed by atoms with E-state index in [0.717, 1.165) is 0 Å². The number of carbonyl (C=O) groups excluding carboxylic acids is 1. The second-order valence-electron chi connectivity index (χ2n) is 2.68. The number of carboxylic acid groups (broad SMARTS) is 1. The molecular formula is C8H10N2O4. The number of nitrogens with zero attached hydrogens (tertiary/aromatic N) is 1. The maximum absolute atomic E-state index is 11.2. The van der Waals surface area contributed by atoms with Crippen molar-refractivity contribution in [1.82, 2.24) is 5.32 Å². The minimum absolute atomic E-state index is 0.00168. The van der Waals surface area contributed by atoms with Crippen LogP contribution in [0.3, 0.4) is 0 Å². The van der Waals surface area contributed by atoms with Crippen molar-refractivity contribution in [3.63, 3.8) is 0 Å². The Balaban J connectivity index is 2.41. The number of hydrogen-bond acceptors (Lipinski definition) is 4. The summed E-state index contributed by atoms with van der Waals surface area (Å²) in [7, 11) is 0. The van der Waals surface area contributed by atoms with Gasteiger partial charge in [0.05, 0.1) is 0 Å². The standard InChI is InChI=1S/C8H10N2O4/c1-2-3-9-7(11)6-4-5(8(12)13)10-14-6/h2,6H,1,3-4H2,(H,9,11)(H,12,13). The van der Waals surface area contributed by atoms with Crippen molar-refractivity contribution in [1.29, 1.82) is 0 Å². The van der Waals surface area contributed by atoms with E-state index in [1.165, 1.54) is 6.08 Å². The van der Waals surface area contributed by atoms with E-state index in [2.05, 4.69) is 21.9 Å². The summed E-state index contributed by atoms with van der Waals surface area (Å²) in [6.45, 7) is 3.74. The summed E-state index contributed by atoms with van der Waals surface area (Å²) in [5.74, 6) is -1.55. The summed E-state index contributed by atoms with van der Waals surface area (Å²) >= 11 is 0. The van der Waals surface area contributed by atoms with Gasteiger partial charge in [0.1, 0.15) is 0 Å². The zero-order valence-corrected chi connectivity index (χ0v) is 7.40. The smallest absolute Gasteiger partial charge is 0.353 e. The van der Waals surface area contributed by atoms with Crippen molar-refractivity contribution in [3.8, 4) is 0 Å². The van der Waals surface area contributed by atoms with Crippen LogP contribution in [0.1, 0.15) is 6.42 Å². The van der Waals surface area contributed by atoms with Gasteiger partial charge in [0, 0.05) is 13.0 Å². The van der Waals surface area contributed by atoms with Gasteiger partial charge in [-0.1, -0.05) is 11.2 Å². The van der Waals surface area contributed by atoms with Crippen LogP contribution in [-0.2, 0) is 14.4 Å². The van der Waals surface area contributed by atoms with Crippen molar-refractivity contribution < 1.29 is 19.5 Å². The third kappa shape index (κ3) is 2.32. The molecule has 0 aliphatic carbocycles. The molecule has 1 atom stereocenters. The molecule has 0 saturated carbocycles. The number of oxime groups is 1. The molecule has 0 radical (unpaired) electrons. The van der Waals surface area contributed by atoms with Crippen LogP contribution in [0, 0.1) is 0 Å². The van der Waals surface area contributed by atoms with Crippen LogP contribution in [-0.4, -0.2) is 35.3 Å². The number of carboxylic acids is 1. The maximum atomic E-state index is 11.2. The summed E-state index contributed by atoms with van der Waals surface area (Å²) in [5.41, 5.74) is -0.135. The summed E-state index contributed by atoms with van der Waals surface area (Å²) in [6, 6.07) is 0. The minimum Gasteiger partial charge on any atom is -0.477 e. The largest absolute Gasteiger partial charge is 0.477 e. The van der Waals surface area contributed by atoms with Crippen LogP contribution < -0.4 is 5.32 Å². The molecule has 0 spiro atoms. The average Bonchev–Trinajstić information content (AvgIpc) is 2.62. The van der Waals surface area contributed by atoms with E-state index in [1.54, 1.807) is 0 Å². The van der Waals surface area contributed by atoms with E-state index in [1.807, 2.05) is 0 Å². The number of nitrogens with one attached hydrogen (secondary N) is 1. The van der Waals surface area contributed by atoms with E-state index < -0.39 is 12.1 Å². The molecule has 14 heavy (non-hydrogen) atoms. The molecule has 0 aromatic carbocycles. The van der Waals surface area contributed by atoms with Gasteiger partial charge < -0.3 is 15.3 Å². The maximum Gasteiger partial charge on any atom is 0.353 e. The van der Waals surface area contributed by atoms with Crippen molar-refractivity contribution in [2.75, 3.05) is 6.54 Å². The Morgan fingerprint density at radius 1 is 1.79 bits per heavy atom. The van der Waals surface area contributed by atoms with Crippen molar-refractivity contribution in [2.45, 2.75) is 12.5 Å². The van der Waals surface area contributed by atoms with Crippen molar-refractivity contribution in [2.24, 2.45) is 5.16 Å². The molecule has 0 saturated heterocycles. The number of amides is 1. The lowest BCUT2D eigenvalue weighted by molar-refractivity contribution is -0.131. The predicted molar refractivity (Wildman–Crippen MR) is 47.8 cm³/mol. The molecular weight excluding hydrogens is 188 g/mol. The van der Waals surface area contributed by atoms with Gasteiger partial charge in [-0.15, -0.1) is 6.58 Å². The van der Waals surface area contributed by atoms with Crippen LogP contribution in [0.2, 0.25) is 0 Å². The number of aliphatic carboxylic acids is 1. The van der Waals surface area contributed by atoms with Crippen LogP contribution in [0.25, 0.3) is 0 Å². The average molecular weight is 198 g/mol. The molecule has 76 valence electrons. The first-order valence-corrected chi connectivity index (χ1v) is 3.99. The molecule has 1 amide bonds. The van der Waals surface area contributed by atoms with Crippen LogP contribution >= 0.6 is 0 Å². The Kier molecular flexibility index (Phi) is 3.22. The summed E-state index contributed by atoms with van der Waals surface area (Å²) in [5, 5.41) is 14.3.